The normalized spacial score (nSPS) is 13.4. The van der Waals surface area contributed by atoms with Gasteiger partial charge >= 0.3 is 5.69 Å². The Kier molecular flexibility index (Phi) is 2.58. The van der Waals surface area contributed by atoms with Crippen LogP contribution in [-0.4, -0.2) is 34.7 Å². The van der Waals surface area contributed by atoms with Crippen LogP contribution >= 0.6 is 0 Å². The van der Waals surface area contributed by atoms with Crippen LogP contribution in [0.4, 0.5) is 0 Å². The number of imidazole rings is 2. The Balaban J connectivity index is 2.47. The second-order valence-electron chi connectivity index (χ2n) is 5.00. The minimum Gasteiger partial charge on any atom is -0.392 e. The lowest BCUT2D eigenvalue weighted by Crippen LogP contribution is -2.28. The number of fused-ring (bicyclic) bond motifs is 3. The summed E-state index contributed by atoms with van der Waals surface area (Å²) in [5.41, 5.74) is 0.568. The number of nitrogens with zero attached hydrogens (tertiary/aromatic N) is 4. The largest absolute Gasteiger partial charge is 0.392 e. The molecule has 0 saturated heterocycles. The van der Waals surface area contributed by atoms with Gasteiger partial charge in [-0.05, 0) is 13.8 Å². The van der Waals surface area contributed by atoms with E-state index in [9.17, 15) is 14.7 Å². The molecule has 106 valence electrons. The third kappa shape index (κ3) is 1.61. The molecule has 20 heavy (non-hydrogen) atoms. The number of aryl methyl sites for hydroxylation is 2. The summed E-state index contributed by atoms with van der Waals surface area (Å²) in [6.45, 7) is 3.93. The molecule has 8 nitrogen and oxygen atoms in total. The molecule has 3 heterocycles. The highest BCUT2D eigenvalue weighted by Crippen LogP contribution is 2.16. The van der Waals surface area contributed by atoms with E-state index in [4.69, 9.17) is 0 Å². The Bertz CT molecular complexity index is 924. The van der Waals surface area contributed by atoms with Gasteiger partial charge in [0, 0.05) is 18.9 Å². The van der Waals surface area contributed by atoms with E-state index in [0.717, 1.165) is 5.69 Å². The molecule has 3 aromatic rings. The highest BCUT2D eigenvalue weighted by atomic mass is 16.3. The molecule has 3 rings (SSSR count). The number of aliphatic hydroxyl groups is 1. The molecule has 0 saturated carbocycles. The van der Waals surface area contributed by atoms with Gasteiger partial charge in [-0.2, -0.15) is 4.98 Å². The minimum atomic E-state index is -0.535. The van der Waals surface area contributed by atoms with Gasteiger partial charge in [-0.1, -0.05) is 0 Å². The predicted molar refractivity (Wildman–Crippen MR) is 73.0 cm³/mol. The fourth-order valence-corrected chi connectivity index (χ4v) is 2.41. The molecule has 0 unspecified atom stereocenters. The number of H-pyrrole nitrogens is 1. The highest BCUT2D eigenvalue weighted by Gasteiger charge is 2.17. The van der Waals surface area contributed by atoms with E-state index in [2.05, 4.69) is 9.97 Å². The zero-order valence-electron chi connectivity index (χ0n) is 11.4. The van der Waals surface area contributed by atoms with E-state index >= 15 is 0 Å². The second kappa shape index (κ2) is 4.07. The van der Waals surface area contributed by atoms with Crippen LogP contribution in [0, 0.1) is 6.92 Å². The fourth-order valence-electron chi connectivity index (χ4n) is 2.41. The average Bonchev–Trinajstić information content (AvgIpc) is 2.84. The summed E-state index contributed by atoms with van der Waals surface area (Å²) in [6, 6.07) is 0. The first-order chi connectivity index (χ1) is 9.40. The fraction of sp³-hybridized carbons (Fsp3) is 0.417. The molecule has 0 amide bonds. The van der Waals surface area contributed by atoms with E-state index < -0.39 is 17.4 Å². The van der Waals surface area contributed by atoms with Gasteiger partial charge in [-0.3, -0.25) is 18.7 Å². The molecule has 0 aliphatic heterocycles. The first-order valence-electron chi connectivity index (χ1n) is 6.25. The summed E-state index contributed by atoms with van der Waals surface area (Å²) in [7, 11) is 1.55. The van der Waals surface area contributed by atoms with Gasteiger partial charge in [-0.15, -0.1) is 0 Å². The van der Waals surface area contributed by atoms with Gasteiger partial charge in [0.2, 0.25) is 5.78 Å². The Hall–Kier alpha value is -2.35. The minimum absolute atomic E-state index is 0.327. The quantitative estimate of drug-likeness (QED) is 0.651. The van der Waals surface area contributed by atoms with Crippen LogP contribution in [0.2, 0.25) is 0 Å². The van der Waals surface area contributed by atoms with Crippen molar-refractivity contribution in [2.75, 3.05) is 0 Å². The number of aromatic amines is 1. The van der Waals surface area contributed by atoms with Crippen LogP contribution in [0.5, 0.6) is 0 Å². The Morgan fingerprint density at radius 3 is 2.80 bits per heavy atom. The highest BCUT2D eigenvalue weighted by molar-refractivity contribution is 5.75. The molecule has 1 atom stereocenters. The van der Waals surface area contributed by atoms with Crippen LogP contribution in [0.1, 0.15) is 12.6 Å². The summed E-state index contributed by atoms with van der Waals surface area (Å²) in [6.07, 6.45) is 1.24. The average molecular weight is 277 g/mol. The Labute approximate surface area is 112 Å². The van der Waals surface area contributed by atoms with Gasteiger partial charge in [0.05, 0.1) is 12.6 Å². The molecule has 0 aromatic carbocycles. The van der Waals surface area contributed by atoms with Crippen molar-refractivity contribution in [2.45, 2.75) is 26.5 Å². The summed E-state index contributed by atoms with van der Waals surface area (Å²) in [5, 5.41) is 9.56. The number of hydrogen-bond donors (Lipinski definition) is 2. The molecule has 0 spiro atoms. The van der Waals surface area contributed by atoms with Crippen molar-refractivity contribution in [1.29, 1.82) is 0 Å². The number of hydrogen-bond acceptors (Lipinski definition) is 4. The van der Waals surface area contributed by atoms with Crippen LogP contribution < -0.4 is 11.2 Å². The number of rotatable bonds is 2. The van der Waals surface area contributed by atoms with Crippen molar-refractivity contribution in [3.05, 3.63) is 32.7 Å². The molecule has 0 bridgehead atoms. The maximum atomic E-state index is 12.0. The van der Waals surface area contributed by atoms with Gasteiger partial charge in [0.15, 0.2) is 11.2 Å². The van der Waals surface area contributed by atoms with Crippen LogP contribution in [0.3, 0.4) is 0 Å². The Morgan fingerprint density at radius 1 is 1.45 bits per heavy atom. The van der Waals surface area contributed by atoms with Crippen molar-refractivity contribution in [1.82, 2.24) is 23.5 Å². The topological polar surface area (TPSA) is 97.3 Å². The molecule has 3 aromatic heterocycles. The summed E-state index contributed by atoms with van der Waals surface area (Å²) in [5.74, 6) is 0.533. The first-order valence-corrected chi connectivity index (χ1v) is 6.25. The van der Waals surface area contributed by atoms with Crippen molar-refractivity contribution in [2.24, 2.45) is 7.05 Å². The molecular weight excluding hydrogens is 262 g/mol. The van der Waals surface area contributed by atoms with Gasteiger partial charge in [-0.25, -0.2) is 4.79 Å². The van der Waals surface area contributed by atoms with E-state index in [1.54, 1.807) is 24.6 Å². The number of nitrogens with one attached hydrogen (secondary N) is 1. The maximum absolute atomic E-state index is 12.0. The third-order valence-corrected chi connectivity index (χ3v) is 3.36. The SMILES string of the molecule is Cc1cn2c3c(=O)[nH]c(=O)n(C)c3nc2n1C[C@@H](C)O. The lowest BCUT2D eigenvalue weighted by Gasteiger charge is -2.07. The molecule has 0 fully saturated rings. The predicted octanol–water partition coefficient (Wildman–Crippen LogP) is -0.635. The van der Waals surface area contributed by atoms with Gasteiger partial charge in [0.25, 0.3) is 5.56 Å². The first kappa shape index (κ1) is 12.7. The lowest BCUT2D eigenvalue weighted by atomic mass is 10.4. The Morgan fingerprint density at radius 2 is 2.15 bits per heavy atom. The van der Waals surface area contributed by atoms with E-state index in [1.165, 1.54) is 4.57 Å². The van der Waals surface area contributed by atoms with Crippen LogP contribution in [-0.2, 0) is 13.6 Å². The smallest absolute Gasteiger partial charge is 0.329 e. The molecule has 0 radical (unpaired) electrons. The van der Waals surface area contributed by atoms with E-state index in [0.29, 0.717) is 23.5 Å². The van der Waals surface area contributed by atoms with E-state index in [1.807, 2.05) is 11.5 Å². The summed E-state index contributed by atoms with van der Waals surface area (Å²) in [4.78, 5) is 30.2. The van der Waals surface area contributed by atoms with Gasteiger partial charge < -0.3 is 9.67 Å². The standard InChI is InChI=1S/C12H15N5O3/c1-6-4-17-8-9(15(3)12(20)14-10(8)19)13-11(17)16(6)5-7(2)18/h4,7,18H,5H2,1-3H3,(H,14,19,20)/t7-/m1/s1. The zero-order chi connectivity index (χ0) is 14.6. The second-order valence-corrected chi connectivity index (χ2v) is 5.00. The zero-order valence-corrected chi connectivity index (χ0v) is 11.4. The van der Waals surface area contributed by atoms with E-state index in [-0.39, 0.29) is 0 Å². The van der Waals surface area contributed by atoms with Crippen LogP contribution in [0.25, 0.3) is 16.9 Å². The van der Waals surface area contributed by atoms with Crippen molar-refractivity contribution in [3.8, 4) is 0 Å². The lowest BCUT2D eigenvalue weighted by molar-refractivity contribution is 0.174. The maximum Gasteiger partial charge on any atom is 0.329 e. The third-order valence-electron chi connectivity index (χ3n) is 3.36. The molecule has 8 heteroatoms. The molecule has 2 N–H and O–H groups in total. The number of aliphatic hydroxyl groups excluding tert-OH is 1. The van der Waals surface area contributed by atoms with Crippen molar-refractivity contribution < 1.29 is 5.11 Å². The molecule has 0 aliphatic rings. The summed E-state index contributed by atoms with van der Waals surface area (Å²) >= 11 is 0. The van der Waals surface area contributed by atoms with Crippen LogP contribution in [0.15, 0.2) is 15.8 Å². The molecular formula is C12H15N5O3. The summed E-state index contributed by atoms with van der Waals surface area (Å²) < 4.78 is 4.76. The van der Waals surface area contributed by atoms with Crippen molar-refractivity contribution in [3.63, 3.8) is 0 Å². The van der Waals surface area contributed by atoms with Gasteiger partial charge in [0.1, 0.15) is 0 Å². The molecule has 0 aliphatic carbocycles. The number of aromatic nitrogens is 5. The van der Waals surface area contributed by atoms with Crippen molar-refractivity contribution >= 4 is 16.9 Å². The monoisotopic (exact) mass is 277 g/mol.